The van der Waals surface area contributed by atoms with Crippen LogP contribution in [0.5, 0.6) is 11.8 Å². The van der Waals surface area contributed by atoms with Crippen molar-refractivity contribution in [2.75, 3.05) is 57.4 Å². The lowest BCUT2D eigenvalue weighted by atomic mass is 9.96. The fraction of sp³-hybridized carbons (Fsp3) is 0.455. The van der Waals surface area contributed by atoms with Gasteiger partial charge in [-0.15, -0.1) is 0 Å². The molecule has 10 nitrogen and oxygen atoms in total. The predicted octanol–water partition coefficient (Wildman–Crippen LogP) is 3.32. The number of hydrogen-bond donors (Lipinski definition) is 4. The molecule has 45 heavy (non-hydrogen) atoms. The van der Waals surface area contributed by atoms with Crippen LogP contribution in [0.4, 0.5) is 10.2 Å². The third-order valence-electron chi connectivity index (χ3n) is 9.82. The fourth-order valence-corrected chi connectivity index (χ4v) is 7.48. The van der Waals surface area contributed by atoms with Gasteiger partial charge in [0.15, 0.2) is 5.82 Å². The average Bonchev–Trinajstić information content (AvgIpc) is 3.78. The molecule has 0 radical (unpaired) electrons. The largest absolute Gasteiger partial charge is 0.508 e. The summed E-state index contributed by atoms with van der Waals surface area (Å²) in [5, 5.41) is 37.0. The molecule has 0 amide bonds. The number of hydrogen-bond acceptors (Lipinski definition) is 10. The SMILES string of the molecule is Oc1cc(-c2c(Cl)cc3c(N4CC5NC(C4)C(O)C5O)nc(OCC4(CN5CCOCC5)CC4)nc3c2F)c2ccccc2c1. The van der Waals surface area contributed by atoms with E-state index in [4.69, 9.17) is 26.1 Å². The molecular formula is C33H35ClFN5O5. The maximum Gasteiger partial charge on any atom is 0.319 e. The number of anilines is 1. The topological polar surface area (TPSA) is 123 Å². The van der Waals surface area contributed by atoms with E-state index in [0.29, 0.717) is 36.5 Å². The van der Waals surface area contributed by atoms with Crippen LogP contribution in [-0.4, -0.2) is 107 Å². The van der Waals surface area contributed by atoms with Gasteiger partial charge in [-0.1, -0.05) is 35.9 Å². The molecule has 236 valence electrons. The minimum absolute atomic E-state index is 0.00457. The van der Waals surface area contributed by atoms with Crippen molar-refractivity contribution in [3.63, 3.8) is 0 Å². The minimum atomic E-state index is -0.926. The van der Waals surface area contributed by atoms with E-state index in [1.165, 1.54) is 6.07 Å². The maximum absolute atomic E-state index is 16.8. The van der Waals surface area contributed by atoms with Gasteiger partial charge < -0.3 is 35.0 Å². The minimum Gasteiger partial charge on any atom is -0.508 e. The van der Waals surface area contributed by atoms with E-state index >= 15 is 4.39 Å². The molecule has 1 aromatic heterocycles. The summed E-state index contributed by atoms with van der Waals surface area (Å²) in [6, 6.07) is 11.5. The van der Waals surface area contributed by atoms with Crippen LogP contribution < -0.4 is 15.0 Å². The Kier molecular flexibility index (Phi) is 7.23. The van der Waals surface area contributed by atoms with Gasteiger partial charge in [-0.05, 0) is 47.4 Å². The molecule has 1 saturated carbocycles. The summed E-state index contributed by atoms with van der Waals surface area (Å²) in [5.41, 5.74) is 0.616. The number of ether oxygens (including phenoxy) is 2. The molecular weight excluding hydrogens is 601 g/mol. The molecule has 3 saturated heterocycles. The first-order valence-electron chi connectivity index (χ1n) is 15.5. The van der Waals surface area contributed by atoms with Crippen molar-refractivity contribution in [3.8, 4) is 22.9 Å². The first-order valence-corrected chi connectivity index (χ1v) is 15.9. The quantitative estimate of drug-likeness (QED) is 0.241. The third kappa shape index (κ3) is 5.25. The molecule has 4 unspecified atom stereocenters. The van der Waals surface area contributed by atoms with Crippen LogP contribution in [0.25, 0.3) is 32.8 Å². The first kappa shape index (κ1) is 29.1. The number of aliphatic hydroxyl groups is 2. The Hall–Kier alpha value is -3.32. The third-order valence-corrected chi connectivity index (χ3v) is 10.1. The maximum atomic E-state index is 16.8. The summed E-state index contributed by atoms with van der Waals surface area (Å²) in [5.74, 6) is -0.219. The molecule has 2 bridgehead atoms. The number of fused-ring (bicyclic) bond motifs is 4. The second kappa shape index (κ2) is 11.2. The van der Waals surface area contributed by atoms with E-state index in [9.17, 15) is 15.3 Å². The molecule has 4 atom stereocenters. The lowest BCUT2D eigenvalue weighted by Crippen LogP contribution is -2.53. The van der Waals surface area contributed by atoms with Gasteiger partial charge in [0, 0.05) is 49.1 Å². The van der Waals surface area contributed by atoms with E-state index in [-0.39, 0.29) is 45.4 Å². The number of phenolic OH excluding ortho intramolecular Hbond substituents is 1. The molecule has 4 heterocycles. The number of benzene rings is 3. The average molecular weight is 636 g/mol. The summed E-state index contributed by atoms with van der Waals surface area (Å²) in [6.07, 6.45) is 0.204. The van der Waals surface area contributed by atoms with E-state index in [1.54, 1.807) is 12.1 Å². The number of nitrogens with one attached hydrogen (secondary N) is 1. The number of halogens is 2. The Bertz CT molecular complexity index is 1770. The Balaban J connectivity index is 1.22. The zero-order chi connectivity index (χ0) is 30.9. The number of nitrogens with zero attached hydrogens (tertiary/aromatic N) is 4. The Morgan fingerprint density at radius 1 is 1.02 bits per heavy atom. The summed E-state index contributed by atoms with van der Waals surface area (Å²) < 4.78 is 28.6. The molecule has 4 aromatic rings. The van der Waals surface area contributed by atoms with Gasteiger partial charge in [-0.3, -0.25) is 4.90 Å². The molecule has 4 fully saturated rings. The van der Waals surface area contributed by atoms with E-state index in [0.717, 1.165) is 56.5 Å². The Labute approximate surface area is 264 Å². The van der Waals surface area contributed by atoms with Gasteiger partial charge in [0.05, 0.1) is 49.1 Å². The van der Waals surface area contributed by atoms with Crippen LogP contribution in [-0.2, 0) is 4.74 Å². The highest BCUT2D eigenvalue weighted by Gasteiger charge is 2.47. The molecule has 0 spiro atoms. The van der Waals surface area contributed by atoms with Gasteiger partial charge in [-0.25, -0.2) is 4.39 Å². The summed E-state index contributed by atoms with van der Waals surface area (Å²) in [4.78, 5) is 13.7. The summed E-state index contributed by atoms with van der Waals surface area (Å²) in [6.45, 7) is 5.22. The summed E-state index contributed by atoms with van der Waals surface area (Å²) >= 11 is 6.85. The zero-order valence-electron chi connectivity index (χ0n) is 24.6. The van der Waals surface area contributed by atoms with Crippen molar-refractivity contribution in [1.29, 1.82) is 0 Å². The van der Waals surface area contributed by atoms with Crippen LogP contribution in [0.15, 0.2) is 42.5 Å². The van der Waals surface area contributed by atoms with E-state index < -0.39 is 18.0 Å². The predicted molar refractivity (Wildman–Crippen MR) is 168 cm³/mol. The van der Waals surface area contributed by atoms with Crippen molar-refractivity contribution < 1.29 is 29.2 Å². The van der Waals surface area contributed by atoms with Gasteiger partial charge in [0.2, 0.25) is 0 Å². The molecule has 8 rings (SSSR count). The number of piperazine rings is 1. The summed E-state index contributed by atoms with van der Waals surface area (Å²) in [7, 11) is 0. The Morgan fingerprint density at radius 3 is 2.49 bits per heavy atom. The van der Waals surface area contributed by atoms with Crippen molar-refractivity contribution in [1.82, 2.24) is 20.2 Å². The van der Waals surface area contributed by atoms with E-state index in [2.05, 4.69) is 15.2 Å². The van der Waals surface area contributed by atoms with Crippen LogP contribution in [0.2, 0.25) is 5.02 Å². The smallest absolute Gasteiger partial charge is 0.319 e. The highest BCUT2D eigenvalue weighted by Crippen LogP contribution is 2.47. The number of phenols is 1. The molecule has 4 aliphatic rings. The van der Waals surface area contributed by atoms with E-state index in [1.807, 2.05) is 29.2 Å². The first-order chi connectivity index (χ1) is 21.8. The number of rotatable bonds is 7. The molecule has 3 aliphatic heterocycles. The number of aromatic nitrogens is 2. The van der Waals surface area contributed by atoms with Gasteiger partial charge in [0.25, 0.3) is 0 Å². The number of aliphatic hydroxyl groups excluding tert-OH is 2. The van der Waals surface area contributed by atoms with Crippen molar-refractivity contribution in [2.24, 2.45) is 5.41 Å². The lowest BCUT2D eigenvalue weighted by molar-refractivity contribution is 0.0231. The standard InChI is InChI=1S/C33H35ClFN5O5/c34-23-13-22-28(27(35)26(23)21-12-19(41)11-18-3-1-2-4-20(18)21)37-32(45-17-33(5-6-33)16-39-7-9-44-10-8-39)38-31(22)40-14-24-29(42)30(43)25(15-40)36-24/h1-4,11-13,24-25,29-30,36,41-43H,5-10,14-17H2. The van der Waals surface area contributed by atoms with Gasteiger partial charge in [0.1, 0.15) is 17.1 Å². The van der Waals surface area contributed by atoms with Gasteiger partial charge in [-0.2, -0.15) is 9.97 Å². The molecule has 3 aromatic carbocycles. The molecule has 1 aliphatic carbocycles. The lowest BCUT2D eigenvalue weighted by Gasteiger charge is -2.34. The zero-order valence-corrected chi connectivity index (χ0v) is 25.4. The second-order valence-corrected chi connectivity index (χ2v) is 13.3. The van der Waals surface area contributed by atoms with Crippen molar-refractivity contribution in [2.45, 2.75) is 37.1 Å². The van der Waals surface area contributed by atoms with Crippen LogP contribution >= 0.6 is 11.6 Å². The normalized spacial score (nSPS) is 26.1. The molecule has 4 N–H and O–H groups in total. The van der Waals surface area contributed by atoms with Crippen LogP contribution in [0, 0.1) is 11.2 Å². The van der Waals surface area contributed by atoms with Crippen LogP contribution in [0.3, 0.4) is 0 Å². The monoisotopic (exact) mass is 635 g/mol. The van der Waals surface area contributed by atoms with Gasteiger partial charge >= 0.3 is 6.01 Å². The Morgan fingerprint density at radius 2 is 1.76 bits per heavy atom. The number of aromatic hydroxyl groups is 1. The highest BCUT2D eigenvalue weighted by atomic mass is 35.5. The van der Waals surface area contributed by atoms with Crippen molar-refractivity contribution in [3.05, 3.63) is 53.3 Å². The van der Waals surface area contributed by atoms with Crippen molar-refractivity contribution >= 4 is 39.1 Å². The molecule has 12 heteroatoms. The highest BCUT2D eigenvalue weighted by molar-refractivity contribution is 6.35. The number of morpholine rings is 1. The fourth-order valence-electron chi connectivity index (χ4n) is 7.18. The van der Waals surface area contributed by atoms with Crippen LogP contribution in [0.1, 0.15) is 12.8 Å². The second-order valence-electron chi connectivity index (χ2n) is 12.9.